The minimum atomic E-state index is -1.54. The van der Waals surface area contributed by atoms with E-state index in [9.17, 15) is 19.6 Å². The standard InChI is InChI=1S/C22H37BN4O5/c1-16(2)13-26(25-21(29)32-22(5,6)7)15-20(28)27(14-17(3)4)24-12-18-8-10-19(11-9-18)23(30)31/h8-12,16-17,30-31H,13-15H2,1-7H3,(H,25,29). The summed E-state index contributed by atoms with van der Waals surface area (Å²) >= 11 is 0. The lowest BCUT2D eigenvalue weighted by Gasteiger charge is -2.28. The van der Waals surface area contributed by atoms with Crippen molar-refractivity contribution < 1.29 is 24.4 Å². The van der Waals surface area contributed by atoms with Gasteiger partial charge in [0.25, 0.3) is 5.91 Å². The summed E-state index contributed by atoms with van der Waals surface area (Å²) in [5.41, 5.74) is 3.09. The topological polar surface area (TPSA) is 115 Å². The molecule has 1 aromatic carbocycles. The quantitative estimate of drug-likeness (QED) is 0.285. The van der Waals surface area contributed by atoms with Gasteiger partial charge in [-0.2, -0.15) is 5.10 Å². The highest BCUT2D eigenvalue weighted by molar-refractivity contribution is 6.58. The van der Waals surface area contributed by atoms with Crippen LogP contribution in [0, 0.1) is 11.8 Å². The molecule has 178 valence electrons. The van der Waals surface area contributed by atoms with Crippen LogP contribution in [0.3, 0.4) is 0 Å². The van der Waals surface area contributed by atoms with Gasteiger partial charge in [0.15, 0.2) is 0 Å². The lowest BCUT2D eigenvalue weighted by molar-refractivity contribution is -0.133. The van der Waals surface area contributed by atoms with E-state index in [1.54, 1.807) is 56.3 Å². The van der Waals surface area contributed by atoms with Crippen LogP contribution in [0.4, 0.5) is 4.79 Å². The number of nitrogens with one attached hydrogen (secondary N) is 1. The first-order valence-electron chi connectivity index (χ1n) is 10.8. The van der Waals surface area contributed by atoms with Crippen molar-refractivity contribution in [1.29, 1.82) is 0 Å². The van der Waals surface area contributed by atoms with Crippen LogP contribution in [0.5, 0.6) is 0 Å². The number of ether oxygens (including phenoxy) is 1. The van der Waals surface area contributed by atoms with Crippen molar-refractivity contribution in [1.82, 2.24) is 15.4 Å². The summed E-state index contributed by atoms with van der Waals surface area (Å²) in [4.78, 5) is 25.2. The highest BCUT2D eigenvalue weighted by Gasteiger charge is 2.23. The van der Waals surface area contributed by atoms with E-state index in [1.165, 1.54) is 5.01 Å². The molecule has 0 atom stereocenters. The average molecular weight is 448 g/mol. The number of amides is 2. The first kappa shape index (κ1) is 27.6. The van der Waals surface area contributed by atoms with E-state index < -0.39 is 18.8 Å². The molecular weight excluding hydrogens is 411 g/mol. The Bertz CT molecular complexity index is 761. The van der Waals surface area contributed by atoms with E-state index in [1.807, 2.05) is 27.7 Å². The summed E-state index contributed by atoms with van der Waals surface area (Å²) in [7, 11) is -1.54. The van der Waals surface area contributed by atoms with Gasteiger partial charge in [0.2, 0.25) is 0 Å². The molecule has 9 nitrogen and oxygen atoms in total. The van der Waals surface area contributed by atoms with Gasteiger partial charge in [-0.05, 0) is 43.6 Å². The zero-order chi connectivity index (χ0) is 24.5. The van der Waals surface area contributed by atoms with Gasteiger partial charge < -0.3 is 14.8 Å². The minimum Gasteiger partial charge on any atom is -0.443 e. The predicted octanol–water partition coefficient (Wildman–Crippen LogP) is 1.58. The number of rotatable bonds is 10. The highest BCUT2D eigenvalue weighted by Crippen LogP contribution is 2.08. The van der Waals surface area contributed by atoms with Gasteiger partial charge in [-0.15, -0.1) is 0 Å². The molecule has 0 aliphatic carbocycles. The molecule has 0 saturated carbocycles. The maximum absolute atomic E-state index is 13.0. The monoisotopic (exact) mass is 448 g/mol. The van der Waals surface area contributed by atoms with Crippen LogP contribution in [0.2, 0.25) is 0 Å². The number of benzene rings is 1. The second kappa shape index (κ2) is 12.6. The summed E-state index contributed by atoms with van der Waals surface area (Å²) < 4.78 is 5.31. The number of hydrogen-bond acceptors (Lipinski definition) is 7. The van der Waals surface area contributed by atoms with E-state index >= 15 is 0 Å². The Morgan fingerprint density at radius 2 is 1.66 bits per heavy atom. The largest absolute Gasteiger partial charge is 0.488 e. The molecular formula is C22H37BN4O5. The Morgan fingerprint density at radius 3 is 2.12 bits per heavy atom. The molecule has 0 fully saturated rings. The summed E-state index contributed by atoms with van der Waals surface area (Å²) in [5.74, 6) is 0.120. The zero-order valence-corrected chi connectivity index (χ0v) is 20.2. The normalized spacial score (nSPS) is 12.0. The SMILES string of the molecule is CC(C)CN(CC(=O)N(CC(C)C)N=Cc1ccc(B(O)O)cc1)NC(=O)OC(C)(C)C. The third kappa shape index (κ3) is 11.3. The van der Waals surface area contributed by atoms with Crippen LogP contribution in [-0.2, 0) is 9.53 Å². The number of hydrazone groups is 1. The molecule has 3 N–H and O–H groups in total. The molecule has 2 amide bonds. The van der Waals surface area contributed by atoms with Crippen LogP contribution >= 0.6 is 0 Å². The van der Waals surface area contributed by atoms with Gasteiger partial charge in [-0.1, -0.05) is 52.0 Å². The Morgan fingerprint density at radius 1 is 1.09 bits per heavy atom. The number of carbonyl (C=O) groups excluding carboxylic acids is 2. The Labute approximate surface area is 191 Å². The van der Waals surface area contributed by atoms with E-state index in [2.05, 4.69) is 10.5 Å². The molecule has 0 heterocycles. The number of hydrazine groups is 1. The Balaban J connectivity index is 2.93. The van der Waals surface area contributed by atoms with Gasteiger partial charge >= 0.3 is 13.2 Å². The molecule has 0 spiro atoms. The zero-order valence-electron chi connectivity index (χ0n) is 20.2. The predicted molar refractivity (Wildman–Crippen MR) is 126 cm³/mol. The maximum Gasteiger partial charge on any atom is 0.488 e. The Hall–Kier alpha value is -2.43. The summed E-state index contributed by atoms with van der Waals surface area (Å²) in [6.07, 6.45) is 0.929. The molecule has 0 aliphatic rings. The summed E-state index contributed by atoms with van der Waals surface area (Å²) in [6.45, 7) is 14.1. The maximum atomic E-state index is 13.0. The van der Waals surface area contributed by atoms with Crippen molar-refractivity contribution in [3.8, 4) is 0 Å². The fourth-order valence-electron chi connectivity index (χ4n) is 2.72. The van der Waals surface area contributed by atoms with Crippen molar-refractivity contribution in [3.63, 3.8) is 0 Å². The second-order valence-electron chi connectivity index (χ2n) is 9.54. The lowest BCUT2D eigenvalue weighted by atomic mass is 9.80. The van der Waals surface area contributed by atoms with Crippen molar-refractivity contribution in [2.75, 3.05) is 19.6 Å². The van der Waals surface area contributed by atoms with E-state index in [0.717, 1.165) is 0 Å². The molecule has 0 unspecified atom stereocenters. The van der Waals surface area contributed by atoms with Crippen LogP contribution in [0.15, 0.2) is 29.4 Å². The van der Waals surface area contributed by atoms with E-state index in [0.29, 0.717) is 24.1 Å². The molecule has 0 radical (unpaired) electrons. The minimum absolute atomic E-state index is 0.0584. The van der Waals surface area contributed by atoms with Crippen LogP contribution in [0.1, 0.15) is 54.0 Å². The highest BCUT2D eigenvalue weighted by atomic mass is 16.6. The van der Waals surface area contributed by atoms with Crippen LogP contribution < -0.4 is 10.9 Å². The van der Waals surface area contributed by atoms with Crippen LogP contribution in [-0.4, -0.2) is 70.6 Å². The van der Waals surface area contributed by atoms with Crippen molar-refractivity contribution >= 4 is 30.8 Å². The molecule has 0 saturated heterocycles. The van der Waals surface area contributed by atoms with Crippen molar-refractivity contribution in [3.05, 3.63) is 29.8 Å². The summed E-state index contributed by atoms with van der Waals surface area (Å²) in [6, 6.07) is 6.53. The van der Waals surface area contributed by atoms with Gasteiger partial charge in [-0.25, -0.2) is 14.8 Å². The molecule has 0 aliphatic heterocycles. The van der Waals surface area contributed by atoms with E-state index in [-0.39, 0.29) is 24.3 Å². The van der Waals surface area contributed by atoms with Gasteiger partial charge in [-0.3, -0.25) is 10.2 Å². The Kier molecular flexibility index (Phi) is 10.8. The summed E-state index contributed by atoms with van der Waals surface area (Å²) in [5, 5.41) is 25.7. The number of hydrogen-bond donors (Lipinski definition) is 3. The average Bonchev–Trinajstić information content (AvgIpc) is 2.62. The number of nitrogens with zero attached hydrogens (tertiary/aromatic N) is 3. The molecule has 32 heavy (non-hydrogen) atoms. The number of carbonyl (C=O) groups is 2. The van der Waals surface area contributed by atoms with Crippen molar-refractivity contribution in [2.45, 2.75) is 54.1 Å². The third-order valence-electron chi connectivity index (χ3n) is 3.97. The van der Waals surface area contributed by atoms with E-state index in [4.69, 9.17) is 4.74 Å². The fourth-order valence-corrected chi connectivity index (χ4v) is 2.72. The lowest BCUT2D eigenvalue weighted by Crippen LogP contribution is -2.50. The first-order chi connectivity index (χ1) is 14.8. The smallest absolute Gasteiger partial charge is 0.443 e. The second-order valence-corrected chi connectivity index (χ2v) is 9.54. The molecule has 1 aromatic rings. The molecule has 0 bridgehead atoms. The third-order valence-corrected chi connectivity index (χ3v) is 3.97. The fraction of sp³-hybridized carbons (Fsp3) is 0.591. The van der Waals surface area contributed by atoms with Gasteiger partial charge in [0, 0.05) is 13.1 Å². The first-order valence-corrected chi connectivity index (χ1v) is 10.8. The van der Waals surface area contributed by atoms with Gasteiger partial charge in [0.05, 0.1) is 12.8 Å². The molecule has 10 heteroatoms. The van der Waals surface area contributed by atoms with Crippen LogP contribution in [0.25, 0.3) is 0 Å². The molecule has 1 rings (SSSR count). The molecule has 0 aromatic heterocycles. The van der Waals surface area contributed by atoms with Crippen molar-refractivity contribution in [2.24, 2.45) is 16.9 Å². The van der Waals surface area contributed by atoms with Gasteiger partial charge in [0.1, 0.15) is 5.60 Å².